The summed E-state index contributed by atoms with van der Waals surface area (Å²) < 4.78 is 0. The molecule has 0 bridgehead atoms. The van der Waals surface area contributed by atoms with Gasteiger partial charge in [0.1, 0.15) is 23.0 Å². The van der Waals surface area contributed by atoms with Crippen molar-refractivity contribution in [1.82, 2.24) is 0 Å². The van der Waals surface area contributed by atoms with E-state index >= 15 is 0 Å². The van der Waals surface area contributed by atoms with Gasteiger partial charge < -0.3 is 20.4 Å². The minimum Gasteiger partial charge on any atom is -0.508 e. The molecule has 204 valence electrons. The normalized spacial score (nSPS) is 13.0. The average molecular weight is 533 g/mol. The molecule has 0 heterocycles. The predicted molar refractivity (Wildman–Crippen MR) is 161 cm³/mol. The van der Waals surface area contributed by atoms with Crippen LogP contribution in [0.25, 0.3) is 0 Å². The summed E-state index contributed by atoms with van der Waals surface area (Å²) in [6.07, 6.45) is 0. The highest BCUT2D eigenvalue weighted by atomic mass is 16.3. The average Bonchev–Trinajstić information content (AvgIpc) is 3.00. The lowest BCUT2D eigenvalue weighted by atomic mass is 9.87. The molecule has 5 rings (SSSR count). The summed E-state index contributed by atoms with van der Waals surface area (Å²) in [5.41, 5.74) is 5.55. The smallest absolute Gasteiger partial charge is 0.119 e. The third-order valence-electron chi connectivity index (χ3n) is 7.49. The molecule has 0 fully saturated rings. The van der Waals surface area contributed by atoms with Gasteiger partial charge in [0.05, 0.1) is 0 Å². The molecular formula is C36H36O4. The van der Waals surface area contributed by atoms with Gasteiger partial charge in [-0.15, -0.1) is 0 Å². The zero-order valence-corrected chi connectivity index (χ0v) is 23.1. The van der Waals surface area contributed by atoms with Crippen LogP contribution in [0.5, 0.6) is 23.0 Å². The van der Waals surface area contributed by atoms with E-state index in [1.54, 1.807) is 18.2 Å². The Hall–Kier alpha value is -4.70. The van der Waals surface area contributed by atoms with Gasteiger partial charge in [-0.25, -0.2) is 0 Å². The van der Waals surface area contributed by atoms with Crippen molar-refractivity contribution in [3.8, 4) is 23.0 Å². The molecule has 0 amide bonds. The van der Waals surface area contributed by atoms with E-state index in [1.165, 1.54) is 12.1 Å². The first kappa shape index (κ1) is 28.3. The molecule has 3 atom stereocenters. The zero-order chi connectivity index (χ0) is 28.6. The maximum absolute atomic E-state index is 10.5. The fraction of sp³-hybridized carbons (Fsp3) is 0.167. The molecular weight excluding hydrogens is 496 g/mol. The maximum atomic E-state index is 10.5. The van der Waals surface area contributed by atoms with Crippen LogP contribution in [0, 0.1) is 0 Å². The van der Waals surface area contributed by atoms with Crippen molar-refractivity contribution in [2.24, 2.45) is 0 Å². The topological polar surface area (TPSA) is 80.9 Å². The molecule has 0 aliphatic carbocycles. The molecule has 0 aromatic heterocycles. The first-order chi connectivity index (χ1) is 19.3. The van der Waals surface area contributed by atoms with E-state index in [0.29, 0.717) is 0 Å². The third kappa shape index (κ3) is 6.65. The van der Waals surface area contributed by atoms with E-state index in [9.17, 15) is 20.4 Å². The maximum Gasteiger partial charge on any atom is 0.119 e. The molecule has 4 nitrogen and oxygen atoms in total. The number of hydrogen-bond donors (Lipinski definition) is 4. The van der Waals surface area contributed by atoms with Gasteiger partial charge in [0.15, 0.2) is 0 Å². The molecule has 5 aromatic carbocycles. The van der Waals surface area contributed by atoms with Crippen molar-refractivity contribution >= 4 is 0 Å². The van der Waals surface area contributed by atoms with E-state index in [-0.39, 0.29) is 40.8 Å². The molecule has 3 unspecified atom stereocenters. The highest BCUT2D eigenvalue weighted by Gasteiger charge is 2.19. The Morgan fingerprint density at radius 2 is 0.700 bits per heavy atom. The van der Waals surface area contributed by atoms with E-state index in [0.717, 1.165) is 33.4 Å². The first-order valence-corrected chi connectivity index (χ1v) is 13.5. The Morgan fingerprint density at radius 1 is 0.375 bits per heavy atom. The van der Waals surface area contributed by atoms with Crippen molar-refractivity contribution in [3.63, 3.8) is 0 Å². The lowest BCUT2D eigenvalue weighted by molar-refractivity contribution is 0.445. The number of phenols is 4. The van der Waals surface area contributed by atoms with Gasteiger partial charge in [-0.05, 0) is 47.0 Å². The predicted octanol–water partition coefficient (Wildman–Crippen LogP) is 8.65. The Balaban J connectivity index is 0.000000201. The molecule has 4 N–H and O–H groups in total. The number of hydrogen-bond acceptors (Lipinski definition) is 4. The fourth-order valence-corrected chi connectivity index (χ4v) is 4.96. The molecule has 4 heteroatoms. The van der Waals surface area contributed by atoms with E-state index < -0.39 is 0 Å². The minimum absolute atomic E-state index is 0.0122. The van der Waals surface area contributed by atoms with Gasteiger partial charge in [0, 0.05) is 34.4 Å². The molecule has 0 aliphatic heterocycles. The summed E-state index contributed by atoms with van der Waals surface area (Å²) in [7, 11) is 0. The van der Waals surface area contributed by atoms with Gasteiger partial charge in [0.25, 0.3) is 0 Å². The van der Waals surface area contributed by atoms with Crippen LogP contribution in [0.4, 0.5) is 0 Å². The zero-order valence-electron chi connectivity index (χ0n) is 23.1. The Labute approximate surface area is 236 Å². The van der Waals surface area contributed by atoms with E-state index in [2.05, 4.69) is 0 Å². The summed E-state index contributed by atoms with van der Waals surface area (Å²) in [4.78, 5) is 0. The van der Waals surface area contributed by atoms with Crippen molar-refractivity contribution in [3.05, 3.63) is 155 Å². The molecule has 0 spiro atoms. The summed E-state index contributed by atoms with van der Waals surface area (Å²) >= 11 is 0. The van der Waals surface area contributed by atoms with Crippen LogP contribution in [0.1, 0.15) is 71.9 Å². The number of benzene rings is 5. The van der Waals surface area contributed by atoms with Crippen LogP contribution in [0.2, 0.25) is 0 Å². The monoisotopic (exact) mass is 532 g/mol. The van der Waals surface area contributed by atoms with Crippen molar-refractivity contribution in [1.29, 1.82) is 0 Å². The summed E-state index contributed by atoms with van der Waals surface area (Å²) in [5, 5.41) is 40.2. The van der Waals surface area contributed by atoms with Gasteiger partial charge in [0.2, 0.25) is 0 Å². The largest absolute Gasteiger partial charge is 0.508 e. The molecule has 0 aliphatic rings. The summed E-state index contributed by atoms with van der Waals surface area (Å²) in [6.45, 7) is 6.07. The van der Waals surface area contributed by atoms with E-state index in [1.807, 2.05) is 112 Å². The van der Waals surface area contributed by atoms with Crippen LogP contribution in [-0.4, -0.2) is 20.4 Å². The van der Waals surface area contributed by atoms with E-state index in [4.69, 9.17) is 0 Å². The molecule has 0 saturated heterocycles. The first-order valence-electron chi connectivity index (χ1n) is 13.5. The van der Waals surface area contributed by atoms with Crippen LogP contribution < -0.4 is 0 Å². The van der Waals surface area contributed by atoms with Gasteiger partial charge >= 0.3 is 0 Å². The van der Waals surface area contributed by atoms with Crippen LogP contribution in [0.15, 0.2) is 121 Å². The standard InChI is InChI=1S/C22H22O2.C14H14O2/c1-15(17-9-5-3-6-10-17)19-13-22(24)20(14-21(19)23)16(2)18-11-7-4-8-12-18;1-10(11-5-3-2-4-6-11)13-9-12(15)7-8-14(13)16/h3-16,23-24H,1-2H3;2-10,15-16H,1H3. The summed E-state index contributed by atoms with van der Waals surface area (Å²) in [5.74, 6) is 0.929. The molecule has 0 radical (unpaired) electrons. The SMILES string of the molecule is CC(c1ccccc1)c1cc(O)c(C(C)c2ccccc2)cc1O.CC(c1ccccc1)c1cc(O)ccc1O. The molecule has 0 saturated carbocycles. The summed E-state index contributed by atoms with van der Waals surface area (Å²) in [6, 6.07) is 37.9. The number of phenolic OH excluding ortho intramolecular Hbond substituents is 4. The van der Waals surface area contributed by atoms with Crippen molar-refractivity contribution in [2.45, 2.75) is 38.5 Å². The number of rotatable bonds is 6. The lowest BCUT2D eigenvalue weighted by Crippen LogP contribution is -2.00. The molecule has 40 heavy (non-hydrogen) atoms. The van der Waals surface area contributed by atoms with Crippen LogP contribution in [-0.2, 0) is 0 Å². The minimum atomic E-state index is 0.0122. The number of aromatic hydroxyl groups is 4. The molecule has 5 aromatic rings. The third-order valence-corrected chi connectivity index (χ3v) is 7.49. The Kier molecular flexibility index (Phi) is 9.13. The van der Waals surface area contributed by atoms with Crippen molar-refractivity contribution < 1.29 is 20.4 Å². The second-order valence-electron chi connectivity index (χ2n) is 10.1. The quantitative estimate of drug-likeness (QED) is 0.165. The van der Waals surface area contributed by atoms with Gasteiger partial charge in [-0.2, -0.15) is 0 Å². The second-order valence-corrected chi connectivity index (χ2v) is 10.1. The van der Waals surface area contributed by atoms with Crippen LogP contribution >= 0.6 is 0 Å². The Bertz CT molecular complexity index is 1440. The van der Waals surface area contributed by atoms with Crippen molar-refractivity contribution in [2.75, 3.05) is 0 Å². The second kappa shape index (κ2) is 12.9. The van der Waals surface area contributed by atoms with Gasteiger partial charge in [-0.3, -0.25) is 0 Å². The Morgan fingerprint density at radius 3 is 1.05 bits per heavy atom. The highest BCUT2D eigenvalue weighted by Crippen LogP contribution is 2.40. The highest BCUT2D eigenvalue weighted by molar-refractivity contribution is 5.52. The lowest BCUT2D eigenvalue weighted by Gasteiger charge is -2.19. The van der Waals surface area contributed by atoms with Crippen LogP contribution in [0.3, 0.4) is 0 Å². The fourth-order valence-electron chi connectivity index (χ4n) is 4.96. The van der Waals surface area contributed by atoms with Gasteiger partial charge in [-0.1, -0.05) is 112 Å².